The van der Waals surface area contributed by atoms with E-state index in [1.54, 1.807) is 17.8 Å². The molecule has 1 amide bonds. The SMILES string of the molecule is CC(C)(C)SCCNC(=O)C1CCN(S(=O)(=O)Cc2ccccc2F)CC1. The summed E-state index contributed by atoms with van der Waals surface area (Å²) < 4.78 is 40.4. The molecule has 0 aromatic heterocycles. The highest BCUT2D eigenvalue weighted by Gasteiger charge is 2.31. The van der Waals surface area contributed by atoms with Crippen molar-refractivity contribution in [2.45, 2.75) is 44.1 Å². The molecular weight excluding hydrogens is 387 g/mol. The molecule has 0 unspecified atom stereocenters. The van der Waals surface area contributed by atoms with Gasteiger partial charge < -0.3 is 5.32 Å². The minimum atomic E-state index is -3.59. The number of amides is 1. The lowest BCUT2D eigenvalue weighted by atomic mass is 9.97. The standard InChI is InChI=1S/C19H29FN2O3S2/c1-19(2,3)26-13-10-21-18(23)15-8-11-22(12-9-15)27(24,25)14-16-6-4-5-7-17(16)20/h4-7,15H,8-14H2,1-3H3,(H,21,23). The first-order valence-electron chi connectivity index (χ1n) is 9.21. The number of sulfonamides is 1. The van der Waals surface area contributed by atoms with Crippen LogP contribution in [0.3, 0.4) is 0 Å². The molecule has 1 aromatic rings. The fourth-order valence-electron chi connectivity index (χ4n) is 2.98. The molecule has 1 N–H and O–H groups in total. The fourth-order valence-corrected chi connectivity index (χ4v) is 5.37. The zero-order valence-electron chi connectivity index (χ0n) is 16.2. The molecule has 8 heteroatoms. The number of piperidine rings is 1. The summed E-state index contributed by atoms with van der Waals surface area (Å²) in [5.74, 6) is -0.172. The van der Waals surface area contributed by atoms with Gasteiger partial charge in [-0.1, -0.05) is 39.0 Å². The van der Waals surface area contributed by atoms with Crippen molar-refractivity contribution in [2.75, 3.05) is 25.4 Å². The van der Waals surface area contributed by atoms with Gasteiger partial charge in [0.05, 0.1) is 5.75 Å². The van der Waals surface area contributed by atoms with Gasteiger partial charge in [0.1, 0.15) is 5.82 Å². The van der Waals surface area contributed by atoms with Crippen molar-refractivity contribution in [3.05, 3.63) is 35.6 Å². The van der Waals surface area contributed by atoms with E-state index in [0.717, 1.165) is 5.75 Å². The maximum atomic E-state index is 13.7. The number of halogens is 1. The smallest absolute Gasteiger partial charge is 0.223 e. The average molecular weight is 417 g/mol. The summed E-state index contributed by atoms with van der Waals surface area (Å²) >= 11 is 1.80. The highest BCUT2D eigenvalue weighted by molar-refractivity contribution is 8.00. The highest BCUT2D eigenvalue weighted by atomic mass is 32.2. The van der Waals surface area contributed by atoms with Gasteiger partial charge in [0.15, 0.2) is 0 Å². The number of carbonyl (C=O) groups is 1. The third-order valence-corrected chi connectivity index (χ3v) is 7.55. The molecule has 2 rings (SSSR count). The van der Waals surface area contributed by atoms with E-state index in [1.165, 1.54) is 22.5 Å². The Morgan fingerprint density at radius 1 is 1.26 bits per heavy atom. The van der Waals surface area contributed by atoms with Gasteiger partial charge in [-0.05, 0) is 18.9 Å². The Hall–Kier alpha value is -1.12. The molecule has 1 saturated heterocycles. The summed E-state index contributed by atoms with van der Waals surface area (Å²) in [6, 6.07) is 5.92. The molecule has 0 bridgehead atoms. The molecule has 1 aromatic carbocycles. The predicted octanol–water partition coefficient (Wildman–Crippen LogP) is 3.02. The first-order valence-corrected chi connectivity index (χ1v) is 11.8. The molecule has 1 aliphatic heterocycles. The van der Waals surface area contributed by atoms with Crippen molar-refractivity contribution in [3.8, 4) is 0 Å². The van der Waals surface area contributed by atoms with E-state index in [2.05, 4.69) is 26.1 Å². The minimum absolute atomic E-state index is 0.00402. The monoisotopic (exact) mass is 416 g/mol. The number of thioether (sulfide) groups is 1. The quantitative estimate of drug-likeness (QED) is 0.694. The van der Waals surface area contributed by atoms with Crippen LogP contribution in [0.2, 0.25) is 0 Å². The molecule has 27 heavy (non-hydrogen) atoms. The van der Waals surface area contributed by atoms with Crippen LogP contribution in [0.4, 0.5) is 4.39 Å². The number of nitrogens with one attached hydrogen (secondary N) is 1. The summed E-state index contributed by atoms with van der Waals surface area (Å²) in [7, 11) is -3.59. The van der Waals surface area contributed by atoms with Crippen LogP contribution >= 0.6 is 11.8 Å². The summed E-state index contributed by atoms with van der Waals surface area (Å²) in [4.78, 5) is 12.3. The molecule has 0 radical (unpaired) electrons. The lowest BCUT2D eigenvalue weighted by Gasteiger charge is -2.30. The molecule has 1 heterocycles. The maximum Gasteiger partial charge on any atom is 0.223 e. The Balaban J connectivity index is 1.80. The van der Waals surface area contributed by atoms with E-state index in [9.17, 15) is 17.6 Å². The van der Waals surface area contributed by atoms with Gasteiger partial charge in [0.2, 0.25) is 15.9 Å². The topological polar surface area (TPSA) is 66.5 Å². The zero-order chi connectivity index (χ0) is 20.1. The second-order valence-electron chi connectivity index (χ2n) is 7.77. The van der Waals surface area contributed by atoms with Crippen molar-refractivity contribution in [1.82, 2.24) is 9.62 Å². The van der Waals surface area contributed by atoms with E-state index in [-0.39, 0.29) is 27.9 Å². The lowest BCUT2D eigenvalue weighted by Crippen LogP contribution is -2.43. The number of hydrogen-bond donors (Lipinski definition) is 1. The summed E-state index contributed by atoms with van der Waals surface area (Å²) in [6.07, 6.45) is 0.990. The van der Waals surface area contributed by atoms with E-state index in [1.807, 2.05) is 0 Å². The van der Waals surface area contributed by atoms with Crippen molar-refractivity contribution < 1.29 is 17.6 Å². The maximum absolute atomic E-state index is 13.7. The average Bonchev–Trinajstić information content (AvgIpc) is 2.60. The van der Waals surface area contributed by atoms with Gasteiger partial charge in [-0.2, -0.15) is 11.8 Å². The number of nitrogens with zero attached hydrogens (tertiary/aromatic N) is 1. The van der Waals surface area contributed by atoms with Crippen molar-refractivity contribution in [3.63, 3.8) is 0 Å². The summed E-state index contributed by atoms with van der Waals surface area (Å²) in [5.41, 5.74) is 0.175. The van der Waals surface area contributed by atoms with Crippen LogP contribution in [0.15, 0.2) is 24.3 Å². The minimum Gasteiger partial charge on any atom is -0.355 e. The van der Waals surface area contributed by atoms with Gasteiger partial charge in [-0.3, -0.25) is 4.79 Å². The molecule has 0 spiro atoms. The number of rotatable bonds is 7. The van der Waals surface area contributed by atoms with Gasteiger partial charge in [0, 0.05) is 41.6 Å². The second-order valence-corrected chi connectivity index (χ2v) is 11.7. The molecular formula is C19H29FN2O3S2. The Kier molecular flexibility index (Phi) is 7.71. The third kappa shape index (κ3) is 7.08. The Bertz CT molecular complexity index is 740. The van der Waals surface area contributed by atoms with Crippen molar-refractivity contribution in [2.24, 2.45) is 5.92 Å². The van der Waals surface area contributed by atoms with Gasteiger partial charge in [-0.15, -0.1) is 0 Å². The van der Waals surface area contributed by atoms with Gasteiger partial charge in [-0.25, -0.2) is 17.1 Å². The van der Waals surface area contributed by atoms with E-state index >= 15 is 0 Å². The number of hydrogen-bond acceptors (Lipinski definition) is 4. The number of carbonyl (C=O) groups excluding carboxylic acids is 1. The Morgan fingerprint density at radius 2 is 1.89 bits per heavy atom. The third-order valence-electron chi connectivity index (χ3n) is 4.45. The fraction of sp³-hybridized carbons (Fsp3) is 0.632. The van der Waals surface area contributed by atoms with Crippen LogP contribution < -0.4 is 5.32 Å². The summed E-state index contributed by atoms with van der Waals surface area (Å²) in [6.45, 7) is 7.62. The normalized spacial score (nSPS) is 17.0. The number of benzene rings is 1. The first kappa shape index (κ1) is 22.2. The van der Waals surface area contributed by atoms with Crippen LogP contribution in [0.5, 0.6) is 0 Å². The van der Waals surface area contributed by atoms with Gasteiger partial charge in [0.25, 0.3) is 0 Å². The largest absolute Gasteiger partial charge is 0.355 e. The molecule has 0 aliphatic carbocycles. The second kappa shape index (κ2) is 9.39. The zero-order valence-corrected chi connectivity index (χ0v) is 17.8. The first-order chi connectivity index (χ1) is 12.6. The van der Waals surface area contributed by atoms with Crippen LogP contribution in [0.1, 0.15) is 39.2 Å². The van der Waals surface area contributed by atoms with Crippen LogP contribution in [0.25, 0.3) is 0 Å². The van der Waals surface area contributed by atoms with E-state index in [0.29, 0.717) is 32.5 Å². The molecule has 152 valence electrons. The predicted molar refractivity (Wildman–Crippen MR) is 109 cm³/mol. The van der Waals surface area contributed by atoms with Crippen LogP contribution in [0, 0.1) is 11.7 Å². The molecule has 5 nitrogen and oxygen atoms in total. The lowest BCUT2D eigenvalue weighted by molar-refractivity contribution is -0.125. The van der Waals surface area contributed by atoms with Gasteiger partial charge >= 0.3 is 0 Å². The highest BCUT2D eigenvalue weighted by Crippen LogP contribution is 2.24. The molecule has 0 saturated carbocycles. The van der Waals surface area contributed by atoms with E-state index < -0.39 is 15.8 Å². The molecule has 1 fully saturated rings. The van der Waals surface area contributed by atoms with Crippen molar-refractivity contribution in [1.29, 1.82) is 0 Å². The van der Waals surface area contributed by atoms with Crippen LogP contribution in [-0.4, -0.2) is 48.8 Å². The Labute approximate surface area is 166 Å². The molecule has 0 atom stereocenters. The van der Waals surface area contributed by atoms with Crippen LogP contribution in [-0.2, 0) is 20.6 Å². The van der Waals surface area contributed by atoms with E-state index in [4.69, 9.17) is 0 Å². The Morgan fingerprint density at radius 3 is 2.48 bits per heavy atom. The summed E-state index contributed by atoms with van der Waals surface area (Å²) in [5, 5.41) is 2.95. The molecule has 1 aliphatic rings. The van der Waals surface area contributed by atoms with Crippen molar-refractivity contribution >= 4 is 27.7 Å².